The Labute approximate surface area is 69.2 Å². The maximum absolute atomic E-state index is 11.0. The number of imide groups is 3. The van der Waals surface area contributed by atoms with E-state index in [-0.39, 0.29) is 0 Å². The molecule has 0 spiro atoms. The maximum Gasteiger partial charge on any atom is 0.260 e. The number of nitrogens with zero attached hydrogens (tertiary/aromatic N) is 1. The molecule has 0 fully saturated rings. The normalized spacial score (nSPS) is 16.6. The summed E-state index contributed by atoms with van der Waals surface area (Å²) in [6.45, 7) is 1.64. The molecule has 0 radical (unpaired) electrons. The molecule has 0 bridgehead atoms. The molecular formula is C8H7NO3. The van der Waals surface area contributed by atoms with Crippen LogP contribution in [0.1, 0.15) is 6.92 Å². The van der Waals surface area contributed by atoms with Crippen LogP contribution in [0.5, 0.6) is 0 Å². The van der Waals surface area contributed by atoms with Gasteiger partial charge in [0, 0.05) is 12.2 Å². The van der Waals surface area contributed by atoms with E-state index < -0.39 is 17.7 Å². The van der Waals surface area contributed by atoms with E-state index in [4.69, 9.17) is 0 Å². The molecule has 1 rings (SSSR count). The lowest BCUT2D eigenvalue weighted by Gasteiger charge is -2.07. The maximum atomic E-state index is 11.0. The van der Waals surface area contributed by atoms with E-state index in [9.17, 15) is 14.4 Å². The van der Waals surface area contributed by atoms with Crippen molar-refractivity contribution >= 4 is 17.7 Å². The minimum Gasteiger partial charge on any atom is -0.269 e. The van der Waals surface area contributed by atoms with E-state index in [1.807, 2.05) is 0 Å². The topological polar surface area (TPSA) is 54.5 Å². The van der Waals surface area contributed by atoms with Gasteiger partial charge in [0.1, 0.15) is 0 Å². The Balaban J connectivity index is 2.83. The smallest absolute Gasteiger partial charge is 0.260 e. The molecule has 1 heterocycles. The summed E-state index contributed by atoms with van der Waals surface area (Å²) in [4.78, 5) is 33.3. The average Bonchev–Trinajstić information content (AvgIpc) is 2.32. The zero-order valence-corrected chi connectivity index (χ0v) is 6.48. The first kappa shape index (κ1) is 8.39. The molecule has 62 valence electrons. The van der Waals surface area contributed by atoms with Gasteiger partial charge in [-0.2, -0.15) is 0 Å². The van der Waals surface area contributed by atoms with Crippen molar-refractivity contribution in [2.75, 3.05) is 0 Å². The second kappa shape index (κ2) is 3.13. The minimum absolute atomic E-state index is 0.580. The van der Waals surface area contributed by atoms with Crippen LogP contribution in [0.3, 0.4) is 0 Å². The molecule has 3 amide bonds. The number of hydrogen-bond acceptors (Lipinski definition) is 3. The van der Waals surface area contributed by atoms with Crippen LogP contribution in [-0.4, -0.2) is 22.6 Å². The molecule has 0 aromatic heterocycles. The molecule has 0 unspecified atom stereocenters. The van der Waals surface area contributed by atoms with Crippen LogP contribution in [0.4, 0.5) is 0 Å². The molecule has 0 saturated carbocycles. The lowest BCUT2D eigenvalue weighted by Crippen LogP contribution is -2.34. The van der Waals surface area contributed by atoms with Gasteiger partial charge in [-0.05, 0) is 13.0 Å². The predicted molar refractivity (Wildman–Crippen MR) is 40.8 cm³/mol. The van der Waals surface area contributed by atoms with Crippen LogP contribution in [-0.2, 0) is 14.4 Å². The lowest BCUT2D eigenvalue weighted by molar-refractivity contribution is -0.145. The Bertz CT molecular complexity index is 283. The molecular weight excluding hydrogens is 158 g/mol. The fraction of sp³-hybridized carbons (Fsp3) is 0.125. The summed E-state index contributed by atoms with van der Waals surface area (Å²) >= 11 is 0. The van der Waals surface area contributed by atoms with Crippen molar-refractivity contribution in [3.8, 4) is 0 Å². The Hall–Kier alpha value is -1.71. The number of rotatable bonds is 1. The van der Waals surface area contributed by atoms with Gasteiger partial charge in [0.2, 0.25) is 0 Å². The van der Waals surface area contributed by atoms with E-state index >= 15 is 0 Å². The third-order valence-electron chi connectivity index (χ3n) is 1.34. The fourth-order valence-electron chi connectivity index (χ4n) is 0.835. The quantitative estimate of drug-likeness (QED) is 0.406. The summed E-state index contributed by atoms with van der Waals surface area (Å²) in [6.07, 6.45) is 4.79. The molecule has 12 heavy (non-hydrogen) atoms. The molecule has 4 nitrogen and oxygen atoms in total. The molecule has 1 aliphatic heterocycles. The van der Waals surface area contributed by atoms with Crippen molar-refractivity contribution < 1.29 is 14.4 Å². The van der Waals surface area contributed by atoms with Crippen molar-refractivity contribution in [3.63, 3.8) is 0 Å². The molecule has 0 atom stereocenters. The third-order valence-corrected chi connectivity index (χ3v) is 1.34. The summed E-state index contributed by atoms with van der Waals surface area (Å²) in [5.41, 5.74) is 0. The van der Waals surface area contributed by atoms with Crippen molar-refractivity contribution in [1.29, 1.82) is 0 Å². The van der Waals surface area contributed by atoms with Crippen LogP contribution < -0.4 is 0 Å². The van der Waals surface area contributed by atoms with Gasteiger partial charge < -0.3 is 0 Å². The Morgan fingerprint density at radius 1 is 1.33 bits per heavy atom. The van der Waals surface area contributed by atoms with Crippen molar-refractivity contribution in [3.05, 3.63) is 24.3 Å². The molecule has 0 aromatic rings. The van der Waals surface area contributed by atoms with Crippen LogP contribution in [0.2, 0.25) is 0 Å². The lowest BCUT2D eigenvalue weighted by atomic mass is 10.4. The van der Waals surface area contributed by atoms with Gasteiger partial charge in [0.15, 0.2) is 0 Å². The molecule has 0 aliphatic carbocycles. The van der Waals surface area contributed by atoms with Gasteiger partial charge in [-0.15, -0.1) is 0 Å². The van der Waals surface area contributed by atoms with E-state index in [1.165, 1.54) is 12.2 Å². The zero-order chi connectivity index (χ0) is 9.14. The van der Waals surface area contributed by atoms with Crippen molar-refractivity contribution in [2.45, 2.75) is 6.92 Å². The van der Waals surface area contributed by atoms with E-state index in [0.717, 1.165) is 12.2 Å². The number of carbonyl (C=O) groups is 3. The van der Waals surface area contributed by atoms with Crippen molar-refractivity contribution in [1.82, 2.24) is 4.90 Å². The Morgan fingerprint density at radius 3 is 2.25 bits per heavy atom. The fourth-order valence-corrected chi connectivity index (χ4v) is 0.835. The summed E-state index contributed by atoms with van der Waals surface area (Å²) in [7, 11) is 0. The van der Waals surface area contributed by atoms with Crippen LogP contribution in [0, 0.1) is 0 Å². The third kappa shape index (κ3) is 1.32. The molecule has 0 N–H and O–H groups in total. The number of hydrogen-bond donors (Lipinski definition) is 0. The van der Waals surface area contributed by atoms with Gasteiger partial charge in [0.25, 0.3) is 17.7 Å². The first-order chi connectivity index (χ1) is 5.66. The van der Waals surface area contributed by atoms with E-state index in [1.54, 1.807) is 6.92 Å². The molecule has 4 heteroatoms. The standard InChI is InChI=1S/C8H7NO3/c1-2-3-6(10)9-7(11)4-5-8(9)12/h2-5H,1H3. The minimum atomic E-state index is -0.600. The van der Waals surface area contributed by atoms with Crippen LogP contribution in [0.15, 0.2) is 24.3 Å². The highest BCUT2D eigenvalue weighted by molar-refractivity contribution is 6.24. The zero-order valence-electron chi connectivity index (χ0n) is 6.48. The van der Waals surface area contributed by atoms with Gasteiger partial charge in [-0.1, -0.05) is 6.08 Å². The summed E-state index contributed by atoms with van der Waals surface area (Å²) in [5, 5.41) is 0. The SMILES string of the molecule is CC=CC(=O)N1C(=O)C=CC1=O. The molecule has 0 aromatic carbocycles. The average molecular weight is 165 g/mol. The Morgan fingerprint density at radius 2 is 1.83 bits per heavy atom. The first-order valence-corrected chi connectivity index (χ1v) is 3.39. The largest absolute Gasteiger partial charge is 0.269 e. The second-order valence-corrected chi connectivity index (χ2v) is 2.18. The van der Waals surface area contributed by atoms with Gasteiger partial charge >= 0.3 is 0 Å². The van der Waals surface area contributed by atoms with Crippen LogP contribution in [0.25, 0.3) is 0 Å². The number of allylic oxidation sites excluding steroid dienone is 1. The summed E-state index contributed by atoms with van der Waals surface area (Å²) in [5.74, 6) is -1.76. The molecule has 1 aliphatic rings. The summed E-state index contributed by atoms with van der Waals surface area (Å²) < 4.78 is 0. The van der Waals surface area contributed by atoms with Gasteiger partial charge in [-0.25, -0.2) is 4.90 Å². The van der Waals surface area contributed by atoms with Gasteiger partial charge in [0.05, 0.1) is 0 Å². The number of amides is 3. The monoisotopic (exact) mass is 165 g/mol. The van der Waals surface area contributed by atoms with E-state index in [0.29, 0.717) is 4.90 Å². The van der Waals surface area contributed by atoms with Gasteiger partial charge in [-0.3, -0.25) is 14.4 Å². The number of carbonyl (C=O) groups excluding carboxylic acids is 3. The van der Waals surface area contributed by atoms with Crippen LogP contribution >= 0.6 is 0 Å². The first-order valence-electron chi connectivity index (χ1n) is 3.39. The van der Waals surface area contributed by atoms with Crippen molar-refractivity contribution in [2.24, 2.45) is 0 Å². The highest BCUT2D eigenvalue weighted by Crippen LogP contribution is 2.03. The second-order valence-electron chi connectivity index (χ2n) is 2.18. The Kier molecular flexibility index (Phi) is 2.19. The predicted octanol–water partition coefficient (Wildman–Crippen LogP) is 0.0141. The highest BCUT2D eigenvalue weighted by Gasteiger charge is 2.27. The van der Waals surface area contributed by atoms with E-state index in [2.05, 4.69) is 0 Å². The molecule has 0 saturated heterocycles. The summed E-state index contributed by atoms with van der Waals surface area (Å²) in [6, 6.07) is 0. The highest BCUT2D eigenvalue weighted by atomic mass is 16.2.